The summed E-state index contributed by atoms with van der Waals surface area (Å²) in [6.45, 7) is 0.893. The summed E-state index contributed by atoms with van der Waals surface area (Å²) in [7, 11) is 3.21. The largest absolute Gasteiger partial charge is 0.508 e. The Hall–Kier alpha value is -1.75. The molecule has 1 heterocycles. The maximum atomic E-state index is 11.3. The molecule has 1 aliphatic heterocycles. The van der Waals surface area contributed by atoms with Gasteiger partial charge in [0, 0.05) is 32.7 Å². The molecule has 1 saturated heterocycles. The molecule has 1 atom stereocenters. The summed E-state index contributed by atoms with van der Waals surface area (Å²) >= 11 is 0. The third kappa shape index (κ3) is 2.43. The van der Waals surface area contributed by atoms with E-state index < -0.39 is 6.09 Å². The summed E-state index contributed by atoms with van der Waals surface area (Å²) in [4.78, 5) is 12.7. The first-order chi connectivity index (χ1) is 7.56. The summed E-state index contributed by atoms with van der Waals surface area (Å²) in [5.74, 6) is 0.468. The number of hydrogen-bond acceptors (Lipinski definition) is 4. The molecule has 0 aliphatic carbocycles. The second-order valence-electron chi connectivity index (χ2n) is 3.98. The number of phenolic OH excluding ortho intramolecular Hbond substituents is 1. The van der Waals surface area contributed by atoms with Crippen molar-refractivity contribution < 1.29 is 14.6 Å². The van der Waals surface area contributed by atoms with E-state index in [9.17, 15) is 9.90 Å². The minimum absolute atomic E-state index is 0.104. The molecule has 0 spiro atoms. The molecule has 1 aromatic rings. The van der Waals surface area contributed by atoms with Gasteiger partial charge in [-0.3, -0.25) is 0 Å². The van der Waals surface area contributed by atoms with Gasteiger partial charge in [0.05, 0.1) is 0 Å². The third-order valence-electron chi connectivity index (χ3n) is 2.29. The lowest BCUT2D eigenvalue weighted by molar-refractivity contribution is 0.172. The highest BCUT2D eigenvalue weighted by atomic mass is 16.6. The molecular formula is C11H14N2O3. The van der Waals surface area contributed by atoms with Crippen molar-refractivity contribution in [2.24, 2.45) is 0 Å². The summed E-state index contributed by atoms with van der Waals surface area (Å²) in [5.41, 5.74) is 0.932. The van der Waals surface area contributed by atoms with Crippen molar-refractivity contribution in [1.29, 1.82) is 0 Å². The van der Waals surface area contributed by atoms with E-state index in [1.807, 2.05) is 0 Å². The normalized spacial score (nSPS) is 18.0. The Morgan fingerprint density at radius 2 is 2.19 bits per heavy atom. The van der Waals surface area contributed by atoms with Crippen molar-refractivity contribution in [3.63, 3.8) is 0 Å². The summed E-state index contributed by atoms with van der Waals surface area (Å²) in [6, 6.07) is 5.11. The van der Waals surface area contributed by atoms with Crippen LogP contribution in [0.2, 0.25) is 0 Å². The quantitative estimate of drug-likeness (QED) is 0.735. The van der Waals surface area contributed by atoms with Gasteiger partial charge in [-0.2, -0.15) is 0 Å². The maximum absolute atomic E-state index is 11.3. The van der Waals surface area contributed by atoms with E-state index in [1.54, 1.807) is 26.2 Å². The maximum Gasteiger partial charge on any atom is 0.414 e. The van der Waals surface area contributed by atoms with Crippen molar-refractivity contribution in [3.05, 3.63) is 23.8 Å². The number of nitrogens with zero attached hydrogens (tertiary/aromatic N) is 1. The number of amides is 1. The van der Waals surface area contributed by atoms with Gasteiger partial charge >= 0.3 is 6.09 Å². The number of nitrogens with one attached hydrogen (secondary N) is 1. The van der Waals surface area contributed by atoms with Crippen LogP contribution < -0.4 is 10.1 Å². The Balaban J connectivity index is 2.17. The minimum Gasteiger partial charge on any atom is -0.508 e. The van der Waals surface area contributed by atoms with Crippen LogP contribution >= 0.6 is 0 Å². The number of carbonyl (C=O) groups excluding carboxylic acids is 1. The smallest absolute Gasteiger partial charge is 0.414 e. The second kappa shape index (κ2) is 4.02. The van der Waals surface area contributed by atoms with Gasteiger partial charge in [0.2, 0.25) is 0 Å². The third-order valence-corrected chi connectivity index (χ3v) is 2.29. The van der Waals surface area contributed by atoms with Crippen LogP contribution in [0, 0.1) is 0 Å². The Labute approximate surface area is 93.6 Å². The molecule has 5 nitrogen and oxygen atoms in total. The predicted molar refractivity (Wildman–Crippen MR) is 58.6 cm³/mol. The SMILES string of the molecule is CN(C)C(=O)Oc1cc(O)cc(C2CN2)c1. The Morgan fingerprint density at radius 1 is 1.50 bits per heavy atom. The van der Waals surface area contributed by atoms with Crippen molar-refractivity contribution in [2.75, 3.05) is 20.6 Å². The van der Waals surface area contributed by atoms with Gasteiger partial charge in [0.1, 0.15) is 11.5 Å². The highest BCUT2D eigenvalue weighted by Crippen LogP contribution is 2.29. The van der Waals surface area contributed by atoms with E-state index in [0.717, 1.165) is 12.1 Å². The molecule has 0 radical (unpaired) electrons. The number of aromatic hydroxyl groups is 1. The van der Waals surface area contributed by atoms with Gasteiger partial charge in [-0.15, -0.1) is 0 Å². The number of phenols is 1. The van der Waals surface area contributed by atoms with Crippen LogP contribution in [-0.4, -0.2) is 36.7 Å². The van der Waals surface area contributed by atoms with E-state index in [0.29, 0.717) is 5.75 Å². The van der Waals surface area contributed by atoms with Crippen LogP contribution in [0.3, 0.4) is 0 Å². The Morgan fingerprint density at radius 3 is 2.75 bits per heavy atom. The average Bonchev–Trinajstić information content (AvgIpc) is 2.99. The fourth-order valence-electron chi connectivity index (χ4n) is 1.35. The van der Waals surface area contributed by atoms with Gasteiger partial charge in [0.15, 0.2) is 0 Å². The van der Waals surface area contributed by atoms with Crippen LogP contribution in [-0.2, 0) is 0 Å². The molecule has 1 aromatic carbocycles. The average molecular weight is 222 g/mol. The second-order valence-corrected chi connectivity index (χ2v) is 3.98. The molecule has 1 amide bonds. The van der Waals surface area contributed by atoms with Crippen LogP contribution in [0.4, 0.5) is 4.79 Å². The number of benzene rings is 1. The molecule has 86 valence electrons. The molecule has 1 aliphatic rings. The molecule has 16 heavy (non-hydrogen) atoms. The van der Waals surface area contributed by atoms with E-state index in [1.165, 1.54) is 11.0 Å². The van der Waals surface area contributed by atoms with E-state index in [2.05, 4.69) is 5.32 Å². The zero-order chi connectivity index (χ0) is 11.7. The van der Waals surface area contributed by atoms with Crippen LogP contribution in [0.25, 0.3) is 0 Å². The topological polar surface area (TPSA) is 71.7 Å². The zero-order valence-electron chi connectivity index (χ0n) is 9.23. The first-order valence-electron chi connectivity index (χ1n) is 5.03. The summed E-state index contributed by atoms with van der Waals surface area (Å²) < 4.78 is 5.07. The predicted octanol–water partition coefficient (Wildman–Crippen LogP) is 1.10. The van der Waals surface area contributed by atoms with E-state index >= 15 is 0 Å². The number of carbonyl (C=O) groups is 1. The Bertz CT molecular complexity index is 414. The number of hydrogen-bond donors (Lipinski definition) is 2. The van der Waals surface area contributed by atoms with Crippen molar-refractivity contribution in [1.82, 2.24) is 10.2 Å². The lowest BCUT2D eigenvalue weighted by Crippen LogP contribution is -2.25. The fourth-order valence-corrected chi connectivity index (χ4v) is 1.35. The molecule has 1 fully saturated rings. The number of rotatable bonds is 2. The van der Waals surface area contributed by atoms with Crippen LogP contribution in [0.5, 0.6) is 11.5 Å². The zero-order valence-corrected chi connectivity index (χ0v) is 9.23. The van der Waals surface area contributed by atoms with Crippen LogP contribution in [0.15, 0.2) is 18.2 Å². The van der Waals surface area contributed by atoms with Gasteiger partial charge in [0.25, 0.3) is 0 Å². The van der Waals surface area contributed by atoms with Crippen molar-refractivity contribution in [3.8, 4) is 11.5 Å². The first kappa shape index (κ1) is 10.8. The van der Waals surface area contributed by atoms with Gasteiger partial charge in [-0.1, -0.05) is 0 Å². The van der Waals surface area contributed by atoms with Crippen molar-refractivity contribution in [2.45, 2.75) is 6.04 Å². The van der Waals surface area contributed by atoms with Crippen molar-refractivity contribution >= 4 is 6.09 Å². The summed E-state index contributed by atoms with van der Waals surface area (Å²) in [6.07, 6.45) is -0.458. The molecular weight excluding hydrogens is 208 g/mol. The fraction of sp³-hybridized carbons (Fsp3) is 0.364. The molecule has 2 rings (SSSR count). The van der Waals surface area contributed by atoms with Crippen LogP contribution in [0.1, 0.15) is 11.6 Å². The van der Waals surface area contributed by atoms with Gasteiger partial charge < -0.3 is 20.1 Å². The molecule has 0 aromatic heterocycles. The minimum atomic E-state index is -0.458. The lowest BCUT2D eigenvalue weighted by Gasteiger charge is -2.11. The van der Waals surface area contributed by atoms with Gasteiger partial charge in [-0.05, 0) is 17.7 Å². The Kier molecular flexibility index (Phi) is 2.70. The molecule has 2 N–H and O–H groups in total. The van der Waals surface area contributed by atoms with Gasteiger partial charge in [-0.25, -0.2) is 4.79 Å². The molecule has 0 bridgehead atoms. The molecule has 1 unspecified atom stereocenters. The standard InChI is InChI=1S/C11H14N2O3/c1-13(2)11(15)16-9-4-7(10-6-12-10)3-8(14)5-9/h3-5,10,12,14H,6H2,1-2H3. The first-order valence-corrected chi connectivity index (χ1v) is 5.03. The number of ether oxygens (including phenoxy) is 1. The highest BCUT2D eigenvalue weighted by Gasteiger charge is 2.23. The van der Waals surface area contributed by atoms with E-state index in [-0.39, 0.29) is 11.8 Å². The molecule has 0 saturated carbocycles. The monoisotopic (exact) mass is 222 g/mol. The highest BCUT2D eigenvalue weighted by molar-refractivity contribution is 5.70. The lowest BCUT2D eigenvalue weighted by atomic mass is 10.1. The van der Waals surface area contributed by atoms with E-state index in [4.69, 9.17) is 4.74 Å². The summed E-state index contributed by atoms with van der Waals surface area (Å²) in [5, 5.41) is 12.6. The molecule has 5 heteroatoms.